The van der Waals surface area contributed by atoms with Crippen molar-refractivity contribution >= 4 is 41.2 Å². The van der Waals surface area contributed by atoms with E-state index in [1.165, 1.54) is 41.3 Å². The highest BCUT2D eigenvalue weighted by atomic mass is 32.2. The first-order valence-electron chi connectivity index (χ1n) is 8.77. The monoisotopic (exact) mass is 405 g/mol. The van der Waals surface area contributed by atoms with Crippen molar-refractivity contribution in [3.05, 3.63) is 65.0 Å². The van der Waals surface area contributed by atoms with Gasteiger partial charge in [0.15, 0.2) is 0 Å². The van der Waals surface area contributed by atoms with Gasteiger partial charge in [0, 0.05) is 16.2 Å². The Morgan fingerprint density at radius 2 is 1.81 bits per heavy atom. The lowest BCUT2D eigenvalue weighted by Gasteiger charge is -2.26. The zero-order chi connectivity index (χ0) is 17.9. The molecular formula is C20H20FNOS3. The highest BCUT2D eigenvalue weighted by Gasteiger charge is 2.25. The van der Waals surface area contributed by atoms with Crippen LogP contribution in [0.2, 0.25) is 0 Å². The smallest absolute Gasteiger partial charge is 0.251 e. The molecular weight excluding hydrogens is 385 g/mol. The minimum atomic E-state index is -0.196. The number of carbonyl (C=O) groups excluding carboxylic acids is 1. The summed E-state index contributed by atoms with van der Waals surface area (Å²) in [5.41, 5.74) is 2.83. The van der Waals surface area contributed by atoms with Crippen LogP contribution in [0.25, 0.3) is 0 Å². The van der Waals surface area contributed by atoms with Gasteiger partial charge in [-0.2, -0.15) is 0 Å². The molecule has 1 N–H and O–H groups in total. The summed E-state index contributed by atoms with van der Waals surface area (Å²) in [5, 5.41) is 3.09. The van der Waals surface area contributed by atoms with Crippen molar-refractivity contribution in [3.8, 4) is 0 Å². The van der Waals surface area contributed by atoms with E-state index in [1.54, 1.807) is 6.07 Å². The molecule has 0 aromatic heterocycles. The van der Waals surface area contributed by atoms with E-state index in [1.807, 2.05) is 41.7 Å². The summed E-state index contributed by atoms with van der Waals surface area (Å²) in [6.45, 7) is 0. The lowest BCUT2D eigenvalue weighted by Crippen LogP contribution is -2.30. The standard InChI is InChI=1S/C20H20FNOS3/c21-16-4-1-3-15-17(9-12-24-18(15)16)22-19(23)13-5-7-14(8-6-13)20-25-10-2-11-26-20/h1,3-8,17,20H,2,9-12H2,(H,22,23)/t17-/m0/s1. The molecule has 0 radical (unpaired) electrons. The highest BCUT2D eigenvalue weighted by molar-refractivity contribution is 8.16. The normalized spacial score (nSPS) is 20.4. The van der Waals surface area contributed by atoms with Gasteiger partial charge in [0.2, 0.25) is 0 Å². The minimum absolute atomic E-state index is 0.0902. The van der Waals surface area contributed by atoms with Crippen LogP contribution in [-0.4, -0.2) is 23.2 Å². The number of rotatable bonds is 3. The number of nitrogens with one attached hydrogen (secondary N) is 1. The summed E-state index contributed by atoms with van der Waals surface area (Å²) in [4.78, 5) is 13.3. The van der Waals surface area contributed by atoms with E-state index in [0.717, 1.165) is 17.7 Å². The molecule has 0 bridgehead atoms. The minimum Gasteiger partial charge on any atom is -0.345 e. The van der Waals surface area contributed by atoms with E-state index in [2.05, 4.69) is 17.4 Å². The second-order valence-electron chi connectivity index (χ2n) is 6.37. The lowest BCUT2D eigenvalue weighted by atomic mass is 10.0. The van der Waals surface area contributed by atoms with Crippen molar-refractivity contribution in [2.75, 3.05) is 17.3 Å². The van der Waals surface area contributed by atoms with Gasteiger partial charge in [0.25, 0.3) is 5.91 Å². The molecule has 0 spiro atoms. The molecule has 1 amide bonds. The Labute approximate surface area is 166 Å². The van der Waals surface area contributed by atoms with Crippen molar-refractivity contribution in [1.29, 1.82) is 0 Å². The highest BCUT2D eigenvalue weighted by Crippen LogP contribution is 2.43. The predicted octanol–water partition coefficient (Wildman–Crippen LogP) is 5.66. The first-order valence-corrected chi connectivity index (χ1v) is 11.9. The third-order valence-electron chi connectivity index (χ3n) is 4.60. The average Bonchev–Trinajstić information content (AvgIpc) is 2.69. The van der Waals surface area contributed by atoms with Gasteiger partial charge in [-0.1, -0.05) is 24.3 Å². The van der Waals surface area contributed by atoms with Crippen molar-refractivity contribution in [3.63, 3.8) is 0 Å². The Morgan fingerprint density at radius 1 is 1.04 bits per heavy atom. The maximum Gasteiger partial charge on any atom is 0.251 e. The van der Waals surface area contributed by atoms with Crippen molar-refractivity contribution < 1.29 is 9.18 Å². The van der Waals surface area contributed by atoms with Crippen molar-refractivity contribution in [1.82, 2.24) is 5.32 Å². The van der Waals surface area contributed by atoms with Crippen LogP contribution in [0.1, 0.15) is 45.0 Å². The fourth-order valence-electron chi connectivity index (χ4n) is 3.25. The molecule has 2 nitrogen and oxygen atoms in total. The third kappa shape index (κ3) is 3.92. The van der Waals surface area contributed by atoms with E-state index in [-0.39, 0.29) is 17.8 Å². The second kappa shape index (κ2) is 8.28. The number of hydrogen-bond donors (Lipinski definition) is 1. The van der Waals surface area contributed by atoms with E-state index in [9.17, 15) is 9.18 Å². The molecule has 26 heavy (non-hydrogen) atoms. The quantitative estimate of drug-likeness (QED) is 0.713. The Morgan fingerprint density at radius 3 is 2.58 bits per heavy atom. The molecule has 0 saturated carbocycles. The third-order valence-corrected chi connectivity index (χ3v) is 8.78. The van der Waals surface area contributed by atoms with Crippen LogP contribution >= 0.6 is 35.3 Å². The van der Waals surface area contributed by atoms with E-state index in [4.69, 9.17) is 0 Å². The molecule has 2 aromatic rings. The van der Waals surface area contributed by atoms with E-state index in [0.29, 0.717) is 15.0 Å². The lowest BCUT2D eigenvalue weighted by molar-refractivity contribution is 0.0934. The molecule has 6 heteroatoms. The summed E-state index contributed by atoms with van der Waals surface area (Å²) in [6.07, 6.45) is 2.09. The molecule has 2 aliphatic heterocycles. The van der Waals surface area contributed by atoms with Gasteiger partial charge >= 0.3 is 0 Å². The van der Waals surface area contributed by atoms with Crippen LogP contribution in [0.5, 0.6) is 0 Å². The van der Waals surface area contributed by atoms with Crippen LogP contribution in [-0.2, 0) is 0 Å². The van der Waals surface area contributed by atoms with Gasteiger partial charge in [-0.25, -0.2) is 4.39 Å². The largest absolute Gasteiger partial charge is 0.345 e. The van der Waals surface area contributed by atoms with E-state index < -0.39 is 0 Å². The number of carbonyl (C=O) groups is 1. The zero-order valence-corrected chi connectivity index (χ0v) is 16.7. The molecule has 0 unspecified atom stereocenters. The molecule has 2 aliphatic rings. The van der Waals surface area contributed by atoms with Crippen molar-refractivity contribution in [2.45, 2.75) is 28.4 Å². The molecule has 136 valence electrons. The van der Waals surface area contributed by atoms with Crippen LogP contribution in [0.3, 0.4) is 0 Å². The van der Waals surface area contributed by atoms with Gasteiger partial charge in [0.1, 0.15) is 5.82 Å². The van der Waals surface area contributed by atoms with Gasteiger partial charge in [-0.3, -0.25) is 4.79 Å². The Hall–Kier alpha value is -1.11. The Kier molecular flexibility index (Phi) is 5.81. The fourth-order valence-corrected chi connectivity index (χ4v) is 7.28. The molecule has 2 heterocycles. The first-order chi connectivity index (χ1) is 12.7. The summed E-state index contributed by atoms with van der Waals surface area (Å²) < 4.78 is 14.5. The molecule has 1 saturated heterocycles. The average molecular weight is 406 g/mol. The van der Waals surface area contributed by atoms with Gasteiger partial charge in [-0.15, -0.1) is 35.3 Å². The summed E-state index contributed by atoms with van der Waals surface area (Å²) in [6, 6.07) is 12.9. The molecule has 0 aliphatic carbocycles. The number of halogens is 1. The molecule has 1 fully saturated rings. The summed E-state index contributed by atoms with van der Waals surface area (Å²) >= 11 is 5.48. The van der Waals surface area contributed by atoms with E-state index >= 15 is 0 Å². The Balaban J connectivity index is 1.46. The second-order valence-corrected chi connectivity index (χ2v) is 10.2. The predicted molar refractivity (Wildman–Crippen MR) is 111 cm³/mol. The number of amides is 1. The SMILES string of the molecule is O=C(N[C@H]1CCSc2c(F)cccc21)c1ccc(C2SCCCS2)cc1. The van der Waals surface area contributed by atoms with Gasteiger partial charge in [0.05, 0.1) is 10.6 Å². The van der Waals surface area contributed by atoms with Gasteiger partial charge < -0.3 is 5.32 Å². The number of fused-ring (bicyclic) bond motifs is 1. The molecule has 1 atom stereocenters. The molecule has 2 aromatic carbocycles. The van der Waals surface area contributed by atoms with Crippen molar-refractivity contribution in [2.24, 2.45) is 0 Å². The summed E-state index contributed by atoms with van der Waals surface area (Å²) in [7, 11) is 0. The molecule has 4 rings (SSSR count). The van der Waals surface area contributed by atoms with Crippen LogP contribution in [0, 0.1) is 5.82 Å². The topological polar surface area (TPSA) is 29.1 Å². The van der Waals surface area contributed by atoms with Crippen LogP contribution in [0.4, 0.5) is 4.39 Å². The fraction of sp³-hybridized carbons (Fsp3) is 0.350. The maximum absolute atomic E-state index is 14.0. The van der Waals surface area contributed by atoms with Crippen LogP contribution < -0.4 is 5.32 Å². The zero-order valence-electron chi connectivity index (χ0n) is 14.2. The Bertz CT molecular complexity index is 790. The maximum atomic E-state index is 14.0. The number of hydrogen-bond acceptors (Lipinski definition) is 4. The number of benzene rings is 2. The van der Waals surface area contributed by atoms with Crippen LogP contribution in [0.15, 0.2) is 47.4 Å². The summed E-state index contributed by atoms with van der Waals surface area (Å²) in [5.74, 6) is 2.94. The van der Waals surface area contributed by atoms with Gasteiger partial charge in [-0.05, 0) is 53.7 Å². The first kappa shape index (κ1) is 18.3. The number of thioether (sulfide) groups is 3.